The first-order valence-electron chi connectivity index (χ1n) is 5.31. The average molecular weight is 234 g/mol. The lowest BCUT2D eigenvalue weighted by molar-refractivity contribution is 0.0944. The van der Waals surface area contributed by atoms with Crippen LogP contribution in [0, 0.1) is 13.8 Å². The Bertz CT molecular complexity index is 561. The molecule has 7 heteroatoms. The first kappa shape index (κ1) is 11.5. The van der Waals surface area contributed by atoms with E-state index in [4.69, 9.17) is 5.73 Å². The second-order valence-electron chi connectivity index (χ2n) is 3.73. The third-order valence-corrected chi connectivity index (χ3v) is 2.25. The molecule has 0 radical (unpaired) electrons. The molecule has 2 aromatic heterocycles. The fourth-order valence-corrected chi connectivity index (χ4v) is 1.53. The lowest BCUT2D eigenvalue weighted by Gasteiger charge is -1.98. The maximum absolute atomic E-state index is 11.6. The zero-order valence-electron chi connectivity index (χ0n) is 9.77. The fourth-order valence-electron chi connectivity index (χ4n) is 1.53. The Hall–Kier alpha value is -2.02. The quantitative estimate of drug-likeness (QED) is 0.741. The molecule has 2 heterocycles. The van der Waals surface area contributed by atoms with Crippen molar-refractivity contribution in [2.45, 2.75) is 13.8 Å². The van der Waals surface area contributed by atoms with Crippen molar-refractivity contribution in [3.8, 4) is 0 Å². The number of aryl methyl sites for hydroxylation is 2. The van der Waals surface area contributed by atoms with Gasteiger partial charge in [0.05, 0.1) is 0 Å². The van der Waals surface area contributed by atoms with Gasteiger partial charge in [-0.25, -0.2) is 9.50 Å². The summed E-state index contributed by atoms with van der Waals surface area (Å²) < 4.78 is 1.55. The monoisotopic (exact) mass is 234 g/mol. The smallest absolute Gasteiger partial charge is 0.291 e. The van der Waals surface area contributed by atoms with Crippen molar-refractivity contribution in [1.29, 1.82) is 0 Å². The third-order valence-electron chi connectivity index (χ3n) is 2.25. The van der Waals surface area contributed by atoms with Gasteiger partial charge in [0.15, 0.2) is 0 Å². The van der Waals surface area contributed by atoms with E-state index in [0.29, 0.717) is 18.9 Å². The van der Waals surface area contributed by atoms with Gasteiger partial charge in [0.1, 0.15) is 0 Å². The molecule has 17 heavy (non-hydrogen) atoms. The van der Waals surface area contributed by atoms with E-state index in [1.165, 1.54) is 0 Å². The van der Waals surface area contributed by atoms with Crippen LogP contribution in [0.4, 0.5) is 0 Å². The van der Waals surface area contributed by atoms with Gasteiger partial charge in [0, 0.05) is 24.5 Å². The summed E-state index contributed by atoms with van der Waals surface area (Å²) in [6, 6.07) is 1.88. The van der Waals surface area contributed by atoms with Crippen LogP contribution in [0.15, 0.2) is 6.07 Å². The van der Waals surface area contributed by atoms with Gasteiger partial charge < -0.3 is 11.1 Å². The number of amides is 1. The Kier molecular flexibility index (Phi) is 3.01. The van der Waals surface area contributed by atoms with Gasteiger partial charge in [-0.3, -0.25) is 4.79 Å². The van der Waals surface area contributed by atoms with Crippen molar-refractivity contribution in [1.82, 2.24) is 24.9 Å². The van der Waals surface area contributed by atoms with E-state index in [-0.39, 0.29) is 11.7 Å². The lowest BCUT2D eigenvalue weighted by atomic mass is 10.4. The SMILES string of the molecule is Cc1cc(C)n2nc(C(=O)NCCN)nc2n1. The number of fused-ring (bicyclic) bond motifs is 1. The van der Waals surface area contributed by atoms with E-state index in [0.717, 1.165) is 11.4 Å². The number of nitrogens with two attached hydrogens (primary N) is 1. The summed E-state index contributed by atoms with van der Waals surface area (Å²) >= 11 is 0. The second-order valence-corrected chi connectivity index (χ2v) is 3.73. The van der Waals surface area contributed by atoms with E-state index in [9.17, 15) is 4.79 Å². The molecule has 0 saturated heterocycles. The van der Waals surface area contributed by atoms with E-state index < -0.39 is 0 Å². The van der Waals surface area contributed by atoms with Crippen molar-refractivity contribution in [3.63, 3.8) is 0 Å². The zero-order chi connectivity index (χ0) is 12.4. The van der Waals surface area contributed by atoms with E-state index in [2.05, 4.69) is 20.4 Å². The summed E-state index contributed by atoms with van der Waals surface area (Å²) in [5.41, 5.74) is 7.03. The van der Waals surface area contributed by atoms with Crippen LogP contribution < -0.4 is 11.1 Å². The average Bonchev–Trinajstić information content (AvgIpc) is 2.69. The van der Waals surface area contributed by atoms with Crippen LogP contribution in [0.1, 0.15) is 22.0 Å². The van der Waals surface area contributed by atoms with Crippen LogP contribution >= 0.6 is 0 Å². The van der Waals surface area contributed by atoms with Gasteiger partial charge in [0.25, 0.3) is 11.7 Å². The number of nitrogens with zero attached hydrogens (tertiary/aromatic N) is 4. The largest absolute Gasteiger partial charge is 0.348 e. The number of rotatable bonds is 3. The van der Waals surface area contributed by atoms with Gasteiger partial charge in [-0.15, -0.1) is 5.10 Å². The molecule has 3 N–H and O–H groups in total. The van der Waals surface area contributed by atoms with Crippen LogP contribution in [-0.4, -0.2) is 38.6 Å². The molecule has 2 rings (SSSR count). The number of aromatic nitrogens is 4. The summed E-state index contributed by atoms with van der Waals surface area (Å²) in [7, 11) is 0. The summed E-state index contributed by atoms with van der Waals surface area (Å²) in [6.07, 6.45) is 0. The highest BCUT2D eigenvalue weighted by molar-refractivity contribution is 5.90. The number of nitrogens with one attached hydrogen (secondary N) is 1. The molecule has 7 nitrogen and oxygen atoms in total. The maximum atomic E-state index is 11.6. The summed E-state index contributed by atoms with van der Waals surface area (Å²) in [5.74, 6) is 0.207. The Morgan fingerprint density at radius 1 is 1.47 bits per heavy atom. The molecule has 0 aliphatic carbocycles. The van der Waals surface area contributed by atoms with Crippen molar-refractivity contribution >= 4 is 11.7 Å². The van der Waals surface area contributed by atoms with Crippen molar-refractivity contribution in [3.05, 3.63) is 23.3 Å². The lowest BCUT2D eigenvalue weighted by Crippen LogP contribution is -2.29. The standard InChI is InChI=1S/C10H14N6O/c1-6-5-7(2)16-10(13-6)14-8(15-16)9(17)12-4-3-11/h5H,3-4,11H2,1-2H3,(H,12,17). The van der Waals surface area contributed by atoms with E-state index in [1.807, 2.05) is 19.9 Å². The van der Waals surface area contributed by atoms with Crippen molar-refractivity contribution in [2.24, 2.45) is 5.73 Å². The minimum atomic E-state index is -0.335. The van der Waals surface area contributed by atoms with E-state index >= 15 is 0 Å². The van der Waals surface area contributed by atoms with Gasteiger partial charge in [0.2, 0.25) is 5.82 Å². The fraction of sp³-hybridized carbons (Fsp3) is 0.400. The molecule has 0 bridgehead atoms. The first-order valence-corrected chi connectivity index (χ1v) is 5.31. The summed E-state index contributed by atoms with van der Waals surface area (Å²) in [5, 5.41) is 6.71. The van der Waals surface area contributed by atoms with Crippen LogP contribution in [-0.2, 0) is 0 Å². The molecule has 0 atom stereocenters. The summed E-state index contributed by atoms with van der Waals surface area (Å²) in [4.78, 5) is 19.9. The van der Waals surface area contributed by atoms with E-state index in [1.54, 1.807) is 4.52 Å². The molecule has 2 aromatic rings. The predicted octanol–water partition coefficient (Wildman–Crippen LogP) is -0.570. The molecule has 0 spiro atoms. The Labute approximate surface area is 98.1 Å². The molecule has 0 unspecified atom stereocenters. The molecule has 0 saturated carbocycles. The molecule has 0 aliphatic rings. The first-order chi connectivity index (χ1) is 8.11. The number of hydrogen-bond donors (Lipinski definition) is 2. The highest BCUT2D eigenvalue weighted by Crippen LogP contribution is 2.05. The van der Waals surface area contributed by atoms with Crippen LogP contribution in [0.5, 0.6) is 0 Å². The minimum absolute atomic E-state index is 0.111. The van der Waals surface area contributed by atoms with Gasteiger partial charge in [-0.1, -0.05) is 0 Å². The van der Waals surface area contributed by atoms with Gasteiger partial charge >= 0.3 is 0 Å². The predicted molar refractivity (Wildman–Crippen MR) is 61.6 cm³/mol. The van der Waals surface area contributed by atoms with Gasteiger partial charge in [-0.2, -0.15) is 4.98 Å². The maximum Gasteiger partial charge on any atom is 0.291 e. The highest BCUT2D eigenvalue weighted by atomic mass is 16.2. The van der Waals surface area contributed by atoms with Gasteiger partial charge in [-0.05, 0) is 19.9 Å². The van der Waals surface area contributed by atoms with Crippen LogP contribution in [0.2, 0.25) is 0 Å². The van der Waals surface area contributed by atoms with Crippen LogP contribution in [0.25, 0.3) is 5.78 Å². The molecule has 1 amide bonds. The summed E-state index contributed by atoms with van der Waals surface area (Å²) in [6.45, 7) is 4.54. The third kappa shape index (κ3) is 2.23. The van der Waals surface area contributed by atoms with Crippen molar-refractivity contribution < 1.29 is 4.79 Å². The molecule has 0 aliphatic heterocycles. The topological polar surface area (TPSA) is 98.2 Å². The molecule has 0 aromatic carbocycles. The number of carbonyl (C=O) groups is 1. The van der Waals surface area contributed by atoms with Crippen LogP contribution in [0.3, 0.4) is 0 Å². The molecular weight excluding hydrogens is 220 g/mol. The normalized spacial score (nSPS) is 10.8. The number of carbonyl (C=O) groups excluding carboxylic acids is 1. The molecule has 90 valence electrons. The Morgan fingerprint density at radius 2 is 2.24 bits per heavy atom. The van der Waals surface area contributed by atoms with Crippen molar-refractivity contribution in [2.75, 3.05) is 13.1 Å². The Morgan fingerprint density at radius 3 is 2.94 bits per heavy atom. The second kappa shape index (κ2) is 4.46. The highest BCUT2D eigenvalue weighted by Gasteiger charge is 2.13. The number of hydrogen-bond acceptors (Lipinski definition) is 5. The molecule has 0 fully saturated rings. The zero-order valence-corrected chi connectivity index (χ0v) is 9.77. The minimum Gasteiger partial charge on any atom is -0.348 e. The molecular formula is C10H14N6O. The Balaban J connectivity index is 2.37.